The van der Waals surface area contributed by atoms with Gasteiger partial charge in [-0.2, -0.15) is 10.2 Å². The molecule has 1 aromatic carbocycles. The van der Waals surface area contributed by atoms with Crippen molar-refractivity contribution < 1.29 is 14.7 Å². The van der Waals surface area contributed by atoms with Crippen molar-refractivity contribution in [2.45, 2.75) is 31.6 Å². The molecule has 140 valence electrons. The Bertz CT molecular complexity index is 969. The number of amides is 1. The molecule has 1 amide bonds. The van der Waals surface area contributed by atoms with Crippen molar-refractivity contribution in [3.8, 4) is 0 Å². The number of nitrogens with zero attached hydrogens (tertiary/aromatic N) is 3. The summed E-state index contributed by atoms with van der Waals surface area (Å²) >= 11 is 0. The fourth-order valence-corrected chi connectivity index (χ4v) is 3.68. The maximum atomic E-state index is 12.7. The number of rotatable bonds is 5. The zero-order valence-electron chi connectivity index (χ0n) is 14.8. The first kappa shape index (κ1) is 17.3. The van der Waals surface area contributed by atoms with Gasteiger partial charge >= 0.3 is 5.97 Å². The molecule has 0 radical (unpaired) electrons. The number of likely N-dealkylation sites (tertiary alicyclic amines) is 1. The van der Waals surface area contributed by atoms with Crippen LogP contribution in [0.1, 0.15) is 35.8 Å². The molecule has 8 heteroatoms. The number of hydrogen-bond acceptors (Lipinski definition) is 4. The number of benzene rings is 1. The van der Waals surface area contributed by atoms with Crippen molar-refractivity contribution in [2.24, 2.45) is 0 Å². The molecule has 0 atom stereocenters. The lowest BCUT2D eigenvalue weighted by atomic mass is 9.93. The molecule has 27 heavy (non-hydrogen) atoms. The van der Waals surface area contributed by atoms with Crippen LogP contribution in [-0.2, 0) is 22.4 Å². The van der Waals surface area contributed by atoms with Gasteiger partial charge in [0.2, 0.25) is 5.91 Å². The molecule has 0 spiro atoms. The summed E-state index contributed by atoms with van der Waals surface area (Å²) < 4.78 is 0. The molecule has 4 rings (SSSR count). The summed E-state index contributed by atoms with van der Waals surface area (Å²) in [5.41, 5.74) is 3.22. The lowest BCUT2D eigenvalue weighted by Crippen LogP contribution is -2.38. The standard InChI is InChI=1S/C19H21N5O3/c25-18(11-17-14-3-1-2-4-15(14)21-23-17)24-7-5-12(6-8-24)16-9-13(20-22-16)10-19(26)27/h1-4,9,12H,5-8,10-11H2,(H,20,22)(H,21,23)(H,26,27). The second-order valence-corrected chi connectivity index (χ2v) is 6.94. The summed E-state index contributed by atoms with van der Waals surface area (Å²) in [6.45, 7) is 1.35. The summed E-state index contributed by atoms with van der Waals surface area (Å²) in [5, 5.41) is 24.1. The number of carboxylic acids is 1. The molecular weight excluding hydrogens is 346 g/mol. The maximum Gasteiger partial charge on any atom is 0.309 e. The van der Waals surface area contributed by atoms with E-state index < -0.39 is 5.97 Å². The monoisotopic (exact) mass is 367 g/mol. The Morgan fingerprint density at radius 3 is 2.67 bits per heavy atom. The van der Waals surface area contributed by atoms with Crippen LogP contribution in [0.5, 0.6) is 0 Å². The van der Waals surface area contributed by atoms with Crippen LogP contribution < -0.4 is 0 Å². The van der Waals surface area contributed by atoms with Gasteiger partial charge in [0.05, 0.1) is 29.7 Å². The molecule has 1 aliphatic rings. The highest BCUT2D eigenvalue weighted by Gasteiger charge is 2.26. The second-order valence-electron chi connectivity index (χ2n) is 6.94. The smallest absolute Gasteiger partial charge is 0.309 e. The van der Waals surface area contributed by atoms with Gasteiger partial charge in [-0.15, -0.1) is 0 Å². The molecule has 2 aromatic heterocycles. The van der Waals surface area contributed by atoms with Gasteiger partial charge in [-0.25, -0.2) is 0 Å². The van der Waals surface area contributed by atoms with Crippen LogP contribution >= 0.6 is 0 Å². The van der Waals surface area contributed by atoms with E-state index in [4.69, 9.17) is 5.11 Å². The van der Waals surface area contributed by atoms with Crippen LogP contribution in [0, 0.1) is 0 Å². The van der Waals surface area contributed by atoms with E-state index in [1.807, 2.05) is 35.2 Å². The molecule has 0 aliphatic carbocycles. The third kappa shape index (κ3) is 3.69. The van der Waals surface area contributed by atoms with E-state index in [2.05, 4.69) is 20.4 Å². The summed E-state index contributed by atoms with van der Waals surface area (Å²) in [6.07, 6.45) is 1.92. The summed E-state index contributed by atoms with van der Waals surface area (Å²) in [5.74, 6) is -0.533. The maximum absolute atomic E-state index is 12.7. The highest BCUT2D eigenvalue weighted by molar-refractivity contribution is 5.87. The number of piperidine rings is 1. The van der Waals surface area contributed by atoms with Crippen molar-refractivity contribution in [1.29, 1.82) is 0 Å². The van der Waals surface area contributed by atoms with Gasteiger partial charge < -0.3 is 10.0 Å². The van der Waals surface area contributed by atoms with Crippen LogP contribution in [0.15, 0.2) is 30.3 Å². The predicted octanol–water partition coefficient (Wildman–Crippen LogP) is 1.86. The van der Waals surface area contributed by atoms with Gasteiger partial charge in [0.25, 0.3) is 0 Å². The Morgan fingerprint density at radius 2 is 1.89 bits per heavy atom. The number of carbonyl (C=O) groups excluding carboxylic acids is 1. The van der Waals surface area contributed by atoms with E-state index in [0.717, 1.165) is 35.1 Å². The lowest BCUT2D eigenvalue weighted by Gasteiger charge is -2.31. The molecule has 0 saturated carbocycles. The van der Waals surface area contributed by atoms with Crippen LogP contribution in [0.2, 0.25) is 0 Å². The van der Waals surface area contributed by atoms with Crippen molar-refractivity contribution in [1.82, 2.24) is 25.3 Å². The normalized spacial score (nSPS) is 15.3. The minimum Gasteiger partial charge on any atom is -0.481 e. The number of aliphatic carboxylic acids is 1. The van der Waals surface area contributed by atoms with Gasteiger partial charge in [0.1, 0.15) is 0 Å². The van der Waals surface area contributed by atoms with E-state index in [1.54, 1.807) is 0 Å². The third-order valence-corrected chi connectivity index (χ3v) is 5.13. The number of para-hydroxylation sites is 1. The number of aromatic nitrogens is 4. The number of carboxylic acid groups (broad SMARTS) is 1. The van der Waals surface area contributed by atoms with Crippen LogP contribution in [0.4, 0.5) is 0 Å². The van der Waals surface area contributed by atoms with Crippen LogP contribution in [0.3, 0.4) is 0 Å². The molecule has 3 heterocycles. The zero-order valence-corrected chi connectivity index (χ0v) is 14.8. The molecular formula is C19H21N5O3. The predicted molar refractivity (Wildman–Crippen MR) is 98.3 cm³/mol. The molecule has 8 nitrogen and oxygen atoms in total. The number of aromatic amines is 2. The van der Waals surface area contributed by atoms with Gasteiger partial charge in [-0.05, 0) is 25.0 Å². The first-order chi connectivity index (χ1) is 13.1. The number of H-pyrrole nitrogens is 2. The van der Waals surface area contributed by atoms with Crippen molar-refractivity contribution in [3.63, 3.8) is 0 Å². The van der Waals surface area contributed by atoms with E-state index in [9.17, 15) is 9.59 Å². The molecule has 3 aromatic rings. The number of hydrogen-bond donors (Lipinski definition) is 3. The van der Waals surface area contributed by atoms with E-state index >= 15 is 0 Å². The molecule has 3 N–H and O–H groups in total. The number of nitrogens with one attached hydrogen (secondary N) is 2. The van der Waals surface area contributed by atoms with E-state index in [1.165, 1.54) is 0 Å². The second kappa shape index (κ2) is 7.22. The largest absolute Gasteiger partial charge is 0.481 e. The average molecular weight is 367 g/mol. The van der Waals surface area contributed by atoms with Gasteiger partial charge in [-0.3, -0.25) is 19.8 Å². The highest BCUT2D eigenvalue weighted by Crippen LogP contribution is 2.27. The fourth-order valence-electron chi connectivity index (χ4n) is 3.68. The Morgan fingerprint density at radius 1 is 1.11 bits per heavy atom. The average Bonchev–Trinajstić information content (AvgIpc) is 3.29. The highest BCUT2D eigenvalue weighted by atomic mass is 16.4. The quantitative estimate of drug-likeness (QED) is 0.637. The Labute approximate surface area is 155 Å². The SMILES string of the molecule is O=C(O)Cc1cc(C2CCN(C(=O)Cc3[nH]nc4ccccc34)CC2)n[nH]1. The first-order valence-corrected chi connectivity index (χ1v) is 9.06. The molecule has 0 unspecified atom stereocenters. The van der Waals surface area contributed by atoms with Gasteiger partial charge in [0.15, 0.2) is 0 Å². The Balaban J connectivity index is 1.35. The number of carbonyl (C=O) groups is 2. The number of fused-ring (bicyclic) bond motifs is 1. The minimum absolute atomic E-state index is 0.0531. The van der Waals surface area contributed by atoms with Gasteiger partial charge in [0, 0.05) is 30.1 Å². The van der Waals surface area contributed by atoms with Crippen molar-refractivity contribution in [2.75, 3.05) is 13.1 Å². The zero-order chi connectivity index (χ0) is 18.8. The van der Waals surface area contributed by atoms with E-state index in [-0.39, 0.29) is 18.2 Å². The Hall–Kier alpha value is -3.16. The lowest BCUT2D eigenvalue weighted by molar-refractivity contribution is -0.136. The van der Waals surface area contributed by atoms with E-state index in [0.29, 0.717) is 25.2 Å². The van der Waals surface area contributed by atoms with Gasteiger partial charge in [-0.1, -0.05) is 18.2 Å². The fraction of sp³-hybridized carbons (Fsp3) is 0.368. The summed E-state index contributed by atoms with van der Waals surface area (Å²) in [6, 6.07) is 9.59. The summed E-state index contributed by atoms with van der Waals surface area (Å²) in [7, 11) is 0. The summed E-state index contributed by atoms with van der Waals surface area (Å²) in [4.78, 5) is 25.3. The molecule has 0 bridgehead atoms. The minimum atomic E-state index is -0.878. The van der Waals surface area contributed by atoms with Crippen LogP contribution in [-0.4, -0.2) is 55.4 Å². The van der Waals surface area contributed by atoms with Crippen molar-refractivity contribution >= 4 is 22.8 Å². The molecule has 1 saturated heterocycles. The van der Waals surface area contributed by atoms with Crippen LogP contribution in [0.25, 0.3) is 10.9 Å². The Kier molecular flexibility index (Phi) is 4.62. The molecule has 1 aliphatic heterocycles. The van der Waals surface area contributed by atoms with Crippen molar-refractivity contribution in [3.05, 3.63) is 47.4 Å². The third-order valence-electron chi connectivity index (χ3n) is 5.13. The first-order valence-electron chi connectivity index (χ1n) is 9.06. The molecule has 1 fully saturated rings. The topological polar surface area (TPSA) is 115 Å².